The van der Waals surface area contributed by atoms with Crippen LogP contribution in [0.4, 0.5) is 4.79 Å². The van der Waals surface area contributed by atoms with Gasteiger partial charge in [0, 0.05) is 25.4 Å². The molecule has 16 heavy (non-hydrogen) atoms. The normalized spacial score (nSPS) is 21.4. The smallest absolute Gasteiger partial charge is 0.409 e. The monoisotopic (exact) mass is 227 g/mol. The number of carbonyl (C=O) groups excluding carboxylic acids is 2. The molecule has 1 atom stereocenters. The van der Waals surface area contributed by atoms with Gasteiger partial charge in [-0.3, -0.25) is 4.79 Å². The standard InChI is InChI=1S/C12H21NO3/c1-4-10-7-13(6-5-11(10)14)12(15)16-8-9(2)3/h9-10H,4-8H2,1-3H3. The van der Waals surface area contributed by atoms with E-state index in [2.05, 4.69) is 0 Å². The molecule has 1 amide bonds. The lowest BCUT2D eigenvalue weighted by Gasteiger charge is -2.30. The maximum Gasteiger partial charge on any atom is 0.409 e. The molecule has 0 aromatic heterocycles. The van der Waals surface area contributed by atoms with Crippen LogP contribution in [-0.2, 0) is 9.53 Å². The highest BCUT2D eigenvalue weighted by atomic mass is 16.6. The summed E-state index contributed by atoms with van der Waals surface area (Å²) < 4.78 is 5.15. The zero-order chi connectivity index (χ0) is 12.1. The number of hydrogen-bond acceptors (Lipinski definition) is 3. The van der Waals surface area contributed by atoms with Crippen molar-refractivity contribution in [3.63, 3.8) is 0 Å². The van der Waals surface area contributed by atoms with Crippen molar-refractivity contribution in [1.82, 2.24) is 4.90 Å². The average Bonchev–Trinajstić information content (AvgIpc) is 2.26. The van der Waals surface area contributed by atoms with E-state index in [1.165, 1.54) is 0 Å². The van der Waals surface area contributed by atoms with Crippen LogP contribution in [0.15, 0.2) is 0 Å². The van der Waals surface area contributed by atoms with Gasteiger partial charge in [0.15, 0.2) is 0 Å². The molecule has 92 valence electrons. The van der Waals surface area contributed by atoms with Crippen molar-refractivity contribution in [2.45, 2.75) is 33.6 Å². The fourth-order valence-corrected chi connectivity index (χ4v) is 1.76. The van der Waals surface area contributed by atoms with Gasteiger partial charge in [-0.2, -0.15) is 0 Å². The second-order valence-corrected chi connectivity index (χ2v) is 4.74. The number of rotatable bonds is 3. The third-order valence-corrected chi connectivity index (χ3v) is 2.82. The molecule has 1 heterocycles. The summed E-state index contributed by atoms with van der Waals surface area (Å²) in [6.07, 6.45) is 0.988. The fraction of sp³-hybridized carbons (Fsp3) is 0.833. The van der Waals surface area contributed by atoms with Crippen LogP contribution in [0.25, 0.3) is 0 Å². The molecule has 0 spiro atoms. The maximum absolute atomic E-state index is 11.7. The van der Waals surface area contributed by atoms with E-state index in [-0.39, 0.29) is 17.8 Å². The number of ketones is 1. The number of ether oxygens (including phenoxy) is 1. The van der Waals surface area contributed by atoms with E-state index in [0.717, 1.165) is 6.42 Å². The van der Waals surface area contributed by atoms with Crippen molar-refractivity contribution in [2.24, 2.45) is 11.8 Å². The summed E-state index contributed by atoms with van der Waals surface area (Å²) in [6, 6.07) is 0. The summed E-state index contributed by atoms with van der Waals surface area (Å²) in [5.41, 5.74) is 0. The number of piperidine rings is 1. The molecule has 1 saturated heterocycles. The fourth-order valence-electron chi connectivity index (χ4n) is 1.76. The molecular weight excluding hydrogens is 206 g/mol. The van der Waals surface area contributed by atoms with Crippen LogP contribution in [0.5, 0.6) is 0 Å². The van der Waals surface area contributed by atoms with Gasteiger partial charge in [-0.05, 0) is 12.3 Å². The third kappa shape index (κ3) is 3.51. The van der Waals surface area contributed by atoms with Gasteiger partial charge in [0.25, 0.3) is 0 Å². The molecule has 0 aliphatic carbocycles. The highest BCUT2D eigenvalue weighted by Crippen LogP contribution is 2.16. The predicted octanol–water partition coefficient (Wildman–Crippen LogP) is 2.08. The molecule has 4 heteroatoms. The molecule has 0 saturated carbocycles. The predicted molar refractivity (Wildman–Crippen MR) is 61.2 cm³/mol. The SMILES string of the molecule is CCC1CN(C(=O)OCC(C)C)CCC1=O. The molecule has 1 unspecified atom stereocenters. The highest BCUT2D eigenvalue weighted by molar-refractivity contribution is 5.83. The van der Waals surface area contributed by atoms with E-state index in [9.17, 15) is 9.59 Å². The number of nitrogens with zero attached hydrogens (tertiary/aromatic N) is 1. The number of Topliss-reactive ketones (excluding diaryl/α,β-unsaturated/α-hetero) is 1. The Morgan fingerprint density at radius 3 is 2.81 bits per heavy atom. The Morgan fingerprint density at radius 1 is 1.56 bits per heavy atom. The van der Waals surface area contributed by atoms with Gasteiger partial charge in [-0.25, -0.2) is 4.79 Å². The molecule has 0 bridgehead atoms. The quantitative estimate of drug-likeness (QED) is 0.741. The zero-order valence-corrected chi connectivity index (χ0v) is 10.4. The molecule has 0 N–H and O–H groups in total. The van der Waals surface area contributed by atoms with E-state index in [4.69, 9.17) is 4.74 Å². The molecule has 4 nitrogen and oxygen atoms in total. The summed E-state index contributed by atoms with van der Waals surface area (Å²) in [5.74, 6) is 0.619. The van der Waals surface area contributed by atoms with E-state index in [1.54, 1.807) is 4.90 Å². The number of likely N-dealkylation sites (tertiary alicyclic amines) is 1. The van der Waals surface area contributed by atoms with Crippen LogP contribution in [0.3, 0.4) is 0 Å². The second kappa shape index (κ2) is 5.87. The minimum absolute atomic E-state index is 0.000324. The molecule has 1 rings (SSSR count). The first-order valence-electron chi connectivity index (χ1n) is 5.99. The topological polar surface area (TPSA) is 46.6 Å². The lowest BCUT2D eigenvalue weighted by Crippen LogP contribution is -2.44. The molecule has 0 radical (unpaired) electrons. The largest absolute Gasteiger partial charge is 0.449 e. The summed E-state index contributed by atoms with van der Waals surface area (Å²) >= 11 is 0. The van der Waals surface area contributed by atoms with Crippen LogP contribution < -0.4 is 0 Å². The zero-order valence-electron chi connectivity index (χ0n) is 10.4. The van der Waals surface area contributed by atoms with Gasteiger partial charge in [0.2, 0.25) is 0 Å². The van der Waals surface area contributed by atoms with Crippen LogP contribution in [0.1, 0.15) is 33.6 Å². The van der Waals surface area contributed by atoms with Crippen LogP contribution in [0, 0.1) is 11.8 Å². The Hall–Kier alpha value is -1.06. The lowest BCUT2D eigenvalue weighted by atomic mass is 9.94. The van der Waals surface area contributed by atoms with E-state index in [0.29, 0.717) is 32.0 Å². The van der Waals surface area contributed by atoms with Gasteiger partial charge < -0.3 is 9.64 Å². The average molecular weight is 227 g/mol. The van der Waals surface area contributed by atoms with E-state index in [1.807, 2.05) is 20.8 Å². The van der Waals surface area contributed by atoms with Crippen LogP contribution in [0.2, 0.25) is 0 Å². The molecule has 1 fully saturated rings. The van der Waals surface area contributed by atoms with Crippen LogP contribution >= 0.6 is 0 Å². The summed E-state index contributed by atoms with van der Waals surface area (Å²) in [6.45, 7) is 7.45. The van der Waals surface area contributed by atoms with Crippen LogP contribution in [-0.4, -0.2) is 36.5 Å². The van der Waals surface area contributed by atoms with Crippen molar-refractivity contribution in [3.05, 3.63) is 0 Å². The van der Waals surface area contributed by atoms with E-state index < -0.39 is 0 Å². The number of carbonyl (C=O) groups is 2. The minimum atomic E-state index is -0.278. The maximum atomic E-state index is 11.7. The van der Waals surface area contributed by atoms with Crippen molar-refractivity contribution in [2.75, 3.05) is 19.7 Å². The Kier molecular flexibility index (Phi) is 4.77. The molecule has 0 aromatic rings. The molecule has 0 aromatic carbocycles. The molecule has 1 aliphatic rings. The van der Waals surface area contributed by atoms with Crippen molar-refractivity contribution >= 4 is 11.9 Å². The van der Waals surface area contributed by atoms with E-state index >= 15 is 0 Å². The lowest BCUT2D eigenvalue weighted by molar-refractivity contribution is -0.125. The van der Waals surface area contributed by atoms with Gasteiger partial charge >= 0.3 is 6.09 Å². The van der Waals surface area contributed by atoms with Gasteiger partial charge in [-0.1, -0.05) is 20.8 Å². The Morgan fingerprint density at radius 2 is 2.25 bits per heavy atom. The summed E-state index contributed by atoms with van der Waals surface area (Å²) in [4.78, 5) is 24.8. The Labute approximate surface area is 96.9 Å². The highest BCUT2D eigenvalue weighted by Gasteiger charge is 2.29. The van der Waals surface area contributed by atoms with Gasteiger partial charge in [0.05, 0.1) is 6.61 Å². The second-order valence-electron chi connectivity index (χ2n) is 4.74. The number of hydrogen-bond donors (Lipinski definition) is 0. The molecule has 1 aliphatic heterocycles. The van der Waals surface area contributed by atoms with Crippen molar-refractivity contribution < 1.29 is 14.3 Å². The third-order valence-electron chi connectivity index (χ3n) is 2.82. The first kappa shape index (κ1) is 13.0. The minimum Gasteiger partial charge on any atom is -0.449 e. The summed E-state index contributed by atoms with van der Waals surface area (Å²) in [7, 11) is 0. The van der Waals surface area contributed by atoms with Crippen molar-refractivity contribution in [1.29, 1.82) is 0 Å². The Bertz CT molecular complexity index is 263. The first-order chi connectivity index (χ1) is 7.54. The van der Waals surface area contributed by atoms with Crippen molar-refractivity contribution in [3.8, 4) is 0 Å². The Balaban J connectivity index is 2.42. The molecular formula is C12H21NO3. The number of amides is 1. The van der Waals surface area contributed by atoms with Gasteiger partial charge in [-0.15, -0.1) is 0 Å². The summed E-state index contributed by atoms with van der Waals surface area (Å²) in [5, 5.41) is 0. The van der Waals surface area contributed by atoms with Gasteiger partial charge in [0.1, 0.15) is 5.78 Å². The first-order valence-corrected chi connectivity index (χ1v) is 5.99.